The zero-order valence-corrected chi connectivity index (χ0v) is 84.2. The minimum absolute atomic E-state index is 0.0667. The first-order valence-corrected chi connectivity index (χ1v) is 53.7. The number of pyridine rings is 4. The summed E-state index contributed by atoms with van der Waals surface area (Å²) < 4.78 is 0. The van der Waals surface area contributed by atoms with Crippen molar-refractivity contribution < 1.29 is 15.3 Å². The van der Waals surface area contributed by atoms with Crippen LogP contribution in [0.5, 0.6) is 0 Å². The molecule has 10 aliphatic carbocycles. The van der Waals surface area contributed by atoms with E-state index in [1.54, 1.807) is 24.2 Å². The molecule has 138 heavy (non-hydrogen) atoms. The number of rotatable bonds is 18. The largest absolute Gasteiger partial charge is 0.383 e. The summed E-state index contributed by atoms with van der Waals surface area (Å²) in [7, 11) is 0. The van der Waals surface area contributed by atoms with E-state index in [1.165, 1.54) is 106 Å². The molecule has 6 saturated carbocycles. The van der Waals surface area contributed by atoms with Gasteiger partial charge in [0.1, 0.15) is 71.4 Å². The number of anilines is 6. The van der Waals surface area contributed by atoms with E-state index in [9.17, 15) is 15.3 Å². The van der Waals surface area contributed by atoms with Gasteiger partial charge in [-0.2, -0.15) is 0 Å². The van der Waals surface area contributed by atoms with Gasteiger partial charge in [0, 0.05) is 138 Å². The molecule has 4 aliphatic heterocycles. The van der Waals surface area contributed by atoms with E-state index in [-0.39, 0.29) is 51.6 Å². The smallest absolute Gasteiger partial charge is 0.153 e. The van der Waals surface area contributed by atoms with Gasteiger partial charge in [0.05, 0.1) is 49.7 Å². The first-order chi connectivity index (χ1) is 66.6. The predicted molar refractivity (Wildman–Crippen MR) is 548 cm³/mol. The molecule has 718 valence electrons. The molecule has 0 bridgehead atoms. The van der Waals surface area contributed by atoms with Gasteiger partial charge in [-0.05, 0) is 273 Å². The van der Waals surface area contributed by atoms with Crippen molar-refractivity contribution in [1.82, 2.24) is 59.8 Å². The fourth-order valence-corrected chi connectivity index (χ4v) is 27.0. The van der Waals surface area contributed by atoms with Crippen LogP contribution in [0, 0.1) is 55.3 Å². The Hall–Kier alpha value is -8.89. The molecule has 32 heteroatoms. The number of halogens is 3. The maximum absolute atomic E-state index is 11.2. The zero-order chi connectivity index (χ0) is 95.1. The van der Waals surface area contributed by atoms with Gasteiger partial charge >= 0.3 is 0 Å². The summed E-state index contributed by atoms with van der Waals surface area (Å²) in [6, 6.07) is 36.2. The van der Waals surface area contributed by atoms with Gasteiger partial charge in [0.15, 0.2) is 17.5 Å². The number of aryl methyl sites for hydroxylation is 4. The molecule has 3 aromatic carbocycles. The van der Waals surface area contributed by atoms with Crippen molar-refractivity contribution >= 4 is 117 Å². The lowest BCUT2D eigenvalue weighted by Gasteiger charge is -2.43. The molecule has 14 aliphatic rings. The van der Waals surface area contributed by atoms with Gasteiger partial charge in [-0.3, -0.25) is 9.97 Å². The molecule has 4 spiro atoms. The van der Waals surface area contributed by atoms with Crippen molar-refractivity contribution in [2.45, 2.75) is 274 Å². The normalized spacial score (nSPS) is 23.0. The molecule has 0 unspecified atom stereocenters. The molecule has 25 rings (SSSR count). The summed E-state index contributed by atoms with van der Waals surface area (Å²) in [4.78, 5) is 69.8. The number of aliphatic hydroxyl groups is 3. The molecule has 25 nitrogen and oxygen atoms in total. The highest BCUT2D eigenvalue weighted by Gasteiger charge is 2.55. The van der Waals surface area contributed by atoms with E-state index in [1.807, 2.05) is 70.6 Å². The number of nitrogen functional groups attached to an aromatic ring is 2. The number of hydrogen-bond donors (Lipinski definition) is 9. The Kier molecular flexibility index (Phi) is 25.3. The van der Waals surface area contributed by atoms with Crippen molar-refractivity contribution in [2.75, 3.05) is 83.4 Å². The standard InChI is InChI=1S/C29H32ClN5OS.C29H33N5OS.C26H29ClN6OS.C22H27ClN6S/c1-17-27(37-21-8-13-32-23(22(21)30)18-6-7-18)34-25(29(36)9-10-29)26(33-17)35-14-11-28(12-15-35)16-19-4-2-3-5-20(19)24(28)31;1-18-27(36-21-8-13-31-23(16-21)19-6-7-19)33-25(29(35)9-10-29)26(32-18)34-14-11-28(12-15-34)17-20-4-2-3-5-22(20)24(28)30;1-15-24(35-18-6-11-30-22(29)19(18)27)32-21(26(34)7-8-26)23(31-15)33-12-9-25(10-13-33)14-16-4-2-3-5-17(16)20(25)28;1-13-21(30-16-5-9-26-20(25)18(16)23)27-12-17(28-13)29-10-7-22(8-11-29)6-4-15(19(22)24)14-2-3-14/h2-5,8,13,18,24,36H,6-7,9-12,14-16,31H2,1H3;2-5,8,13,16,19,24,35H,6-7,9-12,14-15,17,30H2,1H3;2-6,11,20,34H,7-10,12-14,28H2,1H3,(H2,29,30);4-5,9,12,14,19H,2-3,6-8,10-11,24H2,1H3,(H2,25,26)/t2*24-;20-;19-/m1111/s1. The predicted octanol–water partition coefficient (Wildman–Crippen LogP) is 19.3. The summed E-state index contributed by atoms with van der Waals surface area (Å²) >= 11 is 25.4. The Morgan fingerprint density at radius 2 is 0.725 bits per heavy atom. The van der Waals surface area contributed by atoms with Crippen LogP contribution in [0.4, 0.5) is 34.9 Å². The van der Waals surface area contributed by atoms with Gasteiger partial charge < -0.3 is 69.3 Å². The second kappa shape index (κ2) is 37.1. The second-order valence-corrected chi connectivity index (χ2v) is 46.9. The SMILES string of the molecule is Cc1nc(N2CCC3(CC2)Cc2ccccc2[C@H]3N)c(C2(O)CC2)nc1Sc1ccnc(C2CC2)c1.Cc1nc(N2CCC3(CC2)Cc2ccccc2[C@H]3N)c(C2(O)CC2)nc1Sc1ccnc(C2CC2)c1Cl.Cc1nc(N2CCC3(CC2)Cc2ccccc2[C@H]3N)c(C2(O)CC2)nc1Sc1ccnc(N)c1Cl.Cc1nc(N2CCC3(CC=C(C4CC4)[C@H]3N)CC2)cnc1Sc1ccnc(N)c1Cl. The van der Waals surface area contributed by atoms with Crippen molar-refractivity contribution in [3.63, 3.8) is 0 Å². The highest BCUT2D eigenvalue weighted by Crippen LogP contribution is 2.60. The fourth-order valence-electron chi connectivity index (χ4n) is 22.7. The van der Waals surface area contributed by atoms with Crippen LogP contribution in [0.3, 0.4) is 0 Å². The average molecular weight is 1990 g/mol. The Bertz CT molecular complexity index is 6560. The molecular formula is C106H121Cl3N22O3S4. The summed E-state index contributed by atoms with van der Waals surface area (Å²) in [6.45, 7) is 15.1. The molecule has 12 heterocycles. The average Bonchev–Trinajstić information content (AvgIpc) is 1.60. The van der Waals surface area contributed by atoms with Crippen molar-refractivity contribution in [1.29, 1.82) is 0 Å². The van der Waals surface area contributed by atoms with E-state index in [0.717, 1.165) is 276 Å². The maximum atomic E-state index is 11.2. The molecule has 8 aromatic heterocycles. The summed E-state index contributed by atoms with van der Waals surface area (Å²) in [6.07, 6.45) is 35.7. The summed E-state index contributed by atoms with van der Waals surface area (Å²) in [5, 5.41) is 38.4. The zero-order valence-electron chi connectivity index (χ0n) is 78.7. The van der Waals surface area contributed by atoms with Crippen molar-refractivity contribution in [3.05, 3.63) is 245 Å². The Balaban J connectivity index is 0.000000107. The third kappa shape index (κ3) is 18.3. The van der Waals surface area contributed by atoms with Gasteiger partial charge in [0.2, 0.25) is 0 Å². The lowest BCUT2D eigenvalue weighted by Crippen LogP contribution is -2.48. The summed E-state index contributed by atoms with van der Waals surface area (Å²) in [5.41, 5.74) is 54.1. The van der Waals surface area contributed by atoms with E-state index in [0.29, 0.717) is 51.9 Å². The Morgan fingerprint density at radius 1 is 0.362 bits per heavy atom. The first kappa shape index (κ1) is 94.0. The van der Waals surface area contributed by atoms with Gasteiger partial charge in [-0.25, -0.2) is 49.8 Å². The summed E-state index contributed by atoms with van der Waals surface area (Å²) in [5.74, 6) is 5.93. The van der Waals surface area contributed by atoms with Crippen LogP contribution < -0.4 is 54.0 Å². The third-order valence-corrected chi connectivity index (χ3v) is 38.5. The second-order valence-electron chi connectivity index (χ2n) is 41.6. The fraction of sp³-hybridized carbons (Fsp3) is 0.472. The number of aromatic nitrogens is 12. The van der Waals surface area contributed by atoms with Gasteiger partial charge in [-0.15, -0.1) is 0 Å². The van der Waals surface area contributed by atoms with Crippen LogP contribution in [0.2, 0.25) is 15.1 Å². The number of allylic oxidation sites excluding steroid dienone is 1. The van der Waals surface area contributed by atoms with E-state index >= 15 is 0 Å². The molecule has 4 saturated heterocycles. The highest BCUT2D eigenvalue weighted by atomic mass is 35.5. The van der Waals surface area contributed by atoms with Gasteiger partial charge in [-0.1, -0.05) is 166 Å². The number of nitrogens with two attached hydrogens (primary N) is 6. The molecule has 4 atom stereocenters. The van der Waals surface area contributed by atoms with Crippen LogP contribution in [0.1, 0.15) is 249 Å². The molecule has 11 aromatic rings. The quantitative estimate of drug-likeness (QED) is 0.0360. The van der Waals surface area contributed by atoms with Crippen molar-refractivity contribution in [3.8, 4) is 0 Å². The molecule has 0 radical (unpaired) electrons. The highest BCUT2D eigenvalue weighted by molar-refractivity contribution is 8.00. The molecule has 15 N–H and O–H groups in total. The monoisotopic (exact) mass is 1980 g/mol. The first-order valence-electron chi connectivity index (χ1n) is 49.3. The lowest BCUT2D eigenvalue weighted by atomic mass is 9.72. The number of fused-ring (bicyclic) bond motifs is 3. The van der Waals surface area contributed by atoms with Crippen molar-refractivity contribution in [2.24, 2.45) is 50.5 Å². The Morgan fingerprint density at radius 3 is 1.12 bits per heavy atom. The van der Waals surface area contributed by atoms with Crippen LogP contribution in [-0.2, 0) is 36.1 Å². The topological polar surface area (TPSA) is 384 Å². The molecule has 0 amide bonds. The van der Waals surface area contributed by atoms with E-state index in [2.05, 4.69) is 129 Å². The number of benzene rings is 3. The van der Waals surface area contributed by atoms with Gasteiger partial charge in [0.25, 0.3) is 0 Å². The van der Waals surface area contributed by atoms with Crippen LogP contribution >= 0.6 is 81.9 Å². The minimum Gasteiger partial charge on any atom is -0.383 e. The lowest BCUT2D eigenvalue weighted by molar-refractivity contribution is 0.144. The van der Waals surface area contributed by atoms with E-state index < -0.39 is 16.8 Å². The molecule has 10 fully saturated rings. The maximum Gasteiger partial charge on any atom is 0.153 e. The molecular weight excluding hydrogens is 1860 g/mol. The number of piperidine rings is 4. The number of nitrogens with zero attached hydrogens (tertiary/aromatic N) is 16. The van der Waals surface area contributed by atoms with Crippen LogP contribution in [-0.4, -0.2) is 134 Å². The van der Waals surface area contributed by atoms with E-state index in [4.69, 9.17) is 104 Å². The minimum atomic E-state index is -0.915. The number of hydrogen-bond acceptors (Lipinski definition) is 29. The third-order valence-electron chi connectivity index (χ3n) is 32.4. The van der Waals surface area contributed by atoms with Crippen LogP contribution in [0.25, 0.3) is 0 Å². The Labute approximate surface area is 839 Å². The van der Waals surface area contributed by atoms with Crippen LogP contribution in [0.15, 0.2) is 185 Å².